The summed E-state index contributed by atoms with van der Waals surface area (Å²) in [6.07, 6.45) is 6.92. The summed E-state index contributed by atoms with van der Waals surface area (Å²) in [7, 11) is 0. The molecule has 2 aromatic rings. The normalized spacial score (nSPS) is 22.6. The van der Waals surface area contributed by atoms with E-state index in [4.69, 9.17) is 9.82 Å². The van der Waals surface area contributed by atoms with Crippen LogP contribution < -0.4 is 5.32 Å². The Morgan fingerprint density at radius 2 is 1.94 bits per heavy atom. The Kier molecular flexibility index (Phi) is 7.25. The van der Waals surface area contributed by atoms with Crippen molar-refractivity contribution in [2.75, 3.05) is 18.5 Å². The maximum absolute atomic E-state index is 13.3. The summed E-state index contributed by atoms with van der Waals surface area (Å²) in [5.41, 5.74) is 2.55. The molecule has 2 aliphatic carbocycles. The van der Waals surface area contributed by atoms with Gasteiger partial charge in [0.1, 0.15) is 11.9 Å². The molecule has 1 aromatic heterocycles. The van der Waals surface area contributed by atoms with Crippen molar-refractivity contribution in [3.05, 3.63) is 59.3 Å². The summed E-state index contributed by atoms with van der Waals surface area (Å²) in [4.78, 5) is 36.0. The highest BCUT2D eigenvalue weighted by atomic mass is 16.7. The van der Waals surface area contributed by atoms with E-state index in [0.29, 0.717) is 18.8 Å². The van der Waals surface area contributed by atoms with Crippen LogP contribution in [0.25, 0.3) is 0 Å². The molecule has 0 unspecified atom stereocenters. The predicted octanol–water partition coefficient (Wildman–Crippen LogP) is 3.48. The number of aromatic nitrogens is 1. The standard InChI is InChI=1S/C28H35N3O5/c32-16-12-24(26(33)34)31(36-27(35)28(13-14-28)21-6-2-1-3-7-21)23-17-19(18-23)8-10-22-11-9-20-5-4-15-29-25(20)30-22/h1-3,6-7,9,11,19,23-24,32H,4-5,8,10,12-18H2,(H,29,30)(H,33,34)/t19?,23?,24-/m0/s1. The van der Waals surface area contributed by atoms with Gasteiger partial charge in [0.2, 0.25) is 0 Å². The van der Waals surface area contributed by atoms with E-state index in [1.807, 2.05) is 30.3 Å². The monoisotopic (exact) mass is 493 g/mol. The van der Waals surface area contributed by atoms with Gasteiger partial charge in [0.25, 0.3) is 0 Å². The van der Waals surface area contributed by atoms with Gasteiger partial charge in [0.15, 0.2) is 0 Å². The van der Waals surface area contributed by atoms with E-state index in [2.05, 4.69) is 17.4 Å². The Hall–Kier alpha value is -2.97. The average molecular weight is 494 g/mol. The second-order valence-electron chi connectivity index (χ2n) is 10.4. The zero-order valence-electron chi connectivity index (χ0n) is 20.6. The SMILES string of the molecule is O=C(O)[C@H](CCO)N(OC(=O)C1(c2ccccc2)CC1)C1CC(CCc2ccc3c(n2)NCCC3)C1. The van der Waals surface area contributed by atoms with Gasteiger partial charge in [-0.2, -0.15) is 0 Å². The van der Waals surface area contributed by atoms with Crippen molar-refractivity contribution in [1.82, 2.24) is 10.0 Å². The first-order valence-electron chi connectivity index (χ1n) is 13.1. The van der Waals surface area contributed by atoms with E-state index in [1.165, 1.54) is 10.6 Å². The number of rotatable bonds is 11. The van der Waals surface area contributed by atoms with Crippen LogP contribution in [0.15, 0.2) is 42.5 Å². The second-order valence-corrected chi connectivity index (χ2v) is 10.4. The van der Waals surface area contributed by atoms with E-state index in [1.54, 1.807) is 0 Å². The number of hydroxylamine groups is 2. The highest BCUT2D eigenvalue weighted by molar-refractivity contribution is 5.86. The minimum atomic E-state index is -1.09. The fraction of sp³-hybridized carbons (Fsp3) is 0.536. The van der Waals surface area contributed by atoms with Gasteiger partial charge >= 0.3 is 11.9 Å². The number of aliphatic hydroxyl groups is 1. The van der Waals surface area contributed by atoms with E-state index < -0.39 is 23.4 Å². The van der Waals surface area contributed by atoms with Crippen molar-refractivity contribution < 1.29 is 24.6 Å². The number of pyridine rings is 1. The summed E-state index contributed by atoms with van der Waals surface area (Å²) < 4.78 is 0. The number of aryl methyl sites for hydroxylation is 2. The number of carbonyl (C=O) groups is 2. The van der Waals surface area contributed by atoms with Gasteiger partial charge in [-0.1, -0.05) is 36.4 Å². The van der Waals surface area contributed by atoms with Crippen molar-refractivity contribution in [1.29, 1.82) is 0 Å². The highest BCUT2D eigenvalue weighted by Gasteiger charge is 2.55. The Balaban J connectivity index is 1.22. The Morgan fingerprint density at radius 1 is 1.17 bits per heavy atom. The summed E-state index contributed by atoms with van der Waals surface area (Å²) in [6, 6.07) is 12.6. The van der Waals surface area contributed by atoms with Crippen LogP contribution in [0, 0.1) is 5.92 Å². The zero-order chi connectivity index (χ0) is 25.1. The zero-order valence-corrected chi connectivity index (χ0v) is 20.6. The number of carboxylic acid groups (broad SMARTS) is 1. The average Bonchev–Trinajstić information content (AvgIpc) is 3.68. The summed E-state index contributed by atoms with van der Waals surface area (Å²) in [5, 5.41) is 24.1. The molecule has 0 amide bonds. The molecule has 8 nitrogen and oxygen atoms in total. The van der Waals surface area contributed by atoms with Crippen molar-refractivity contribution in [2.45, 2.75) is 75.3 Å². The number of aliphatic carboxylic acids is 1. The van der Waals surface area contributed by atoms with Crippen molar-refractivity contribution in [2.24, 2.45) is 5.92 Å². The molecular formula is C28H35N3O5. The fourth-order valence-corrected chi connectivity index (χ4v) is 5.55. The van der Waals surface area contributed by atoms with Gasteiger partial charge < -0.3 is 20.4 Å². The lowest BCUT2D eigenvalue weighted by Crippen LogP contribution is -2.54. The number of fused-ring (bicyclic) bond motifs is 1. The third-order valence-electron chi connectivity index (χ3n) is 7.98. The Morgan fingerprint density at radius 3 is 2.64 bits per heavy atom. The quantitative estimate of drug-likeness (QED) is 0.408. The number of nitrogens with zero attached hydrogens (tertiary/aromatic N) is 2. The Labute approximate surface area is 211 Å². The van der Waals surface area contributed by atoms with Crippen LogP contribution in [-0.2, 0) is 32.7 Å². The second kappa shape index (κ2) is 10.6. The molecule has 3 N–H and O–H groups in total. The van der Waals surface area contributed by atoms with E-state index in [0.717, 1.165) is 62.1 Å². The molecule has 2 heterocycles. The topological polar surface area (TPSA) is 112 Å². The number of aliphatic hydroxyl groups excluding tert-OH is 1. The summed E-state index contributed by atoms with van der Waals surface area (Å²) in [5.74, 6) is -0.0682. The number of nitrogens with one attached hydrogen (secondary N) is 1. The lowest BCUT2D eigenvalue weighted by Gasteiger charge is -2.44. The molecule has 1 aliphatic heterocycles. The molecule has 0 spiro atoms. The van der Waals surface area contributed by atoms with Crippen LogP contribution in [0.5, 0.6) is 0 Å². The number of hydrogen-bond acceptors (Lipinski definition) is 7. The van der Waals surface area contributed by atoms with E-state index >= 15 is 0 Å². The van der Waals surface area contributed by atoms with Gasteiger partial charge in [0.05, 0.1) is 5.41 Å². The maximum atomic E-state index is 13.3. The van der Waals surface area contributed by atoms with Gasteiger partial charge in [-0.15, -0.1) is 5.06 Å². The molecule has 1 atom stereocenters. The predicted molar refractivity (Wildman–Crippen MR) is 134 cm³/mol. The third kappa shape index (κ3) is 5.11. The number of anilines is 1. The minimum absolute atomic E-state index is 0.00810. The molecule has 0 saturated heterocycles. The maximum Gasteiger partial charge on any atom is 0.335 e. The van der Waals surface area contributed by atoms with Crippen LogP contribution in [0.3, 0.4) is 0 Å². The van der Waals surface area contributed by atoms with Gasteiger partial charge in [-0.05, 0) is 80.9 Å². The first-order valence-corrected chi connectivity index (χ1v) is 13.1. The first kappa shape index (κ1) is 24.7. The van der Waals surface area contributed by atoms with Crippen molar-refractivity contribution >= 4 is 17.8 Å². The van der Waals surface area contributed by atoms with Gasteiger partial charge in [-0.25, -0.2) is 9.78 Å². The van der Waals surface area contributed by atoms with E-state index in [9.17, 15) is 19.8 Å². The molecule has 2 fully saturated rings. The summed E-state index contributed by atoms with van der Waals surface area (Å²) >= 11 is 0. The van der Waals surface area contributed by atoms with Crippen LogP contribution in [-0.4, -0.2) is 57.4 Å². The van der Waals surface area contributed by atoms with Crippen LogP contribution in [0.2, 0.25) is 0 Å². The number of benzene rings is 1. The Bertz CT molecular complexity index is 1080. The molecular weight excluding hydrogens is 458 g/mol. The van der Waals surface area contributed by atoms with Gasteiger partial charge in [0, 0.05) is 24.9 Å². The van der Waals surface area contributed by atoms with Crippen molar-refractivity contribution in [3.8, 4) is 0 Å². The lowest BCUT2D eigenvalue weighted by atomic mass is 9.76. The van der Waals surface area contributed by atoms with Crippen LogP contribution in [0.1, 0.15) is 61.8 Å². The van der Waals surface area contributed by atoms with Crippen LogP contribution in [0.4, 0.5) is 5.82 Å². The van der Waals surface area contributed by atoms with E-state index in [-0.39, 0.29) is 19.1 Å². The molecule has 36 heavy (non-hydrogen) atoms. The van der Waals surface area contributed by atoms with Gasteiger partial charge in [-0.3, -0.25) is 4.79 Å². The third-order valence-corrected chi connectivity index (χ3v) is 7.98. The number of hydrogen-bond donors (Lipinski definition) is 3. The van der Waals surface area contributed by atoms with Crippen LogP contribution >= 0.6 is 0 Å². The van der Waals surface area contributed by atoms with Crippen molar-refractivity contribution in [3.63, 3.8) is 0 Å². The molecule has 1 aromatic carbocycles. The number of carbonyl (C=O) groups excluding carboxylic acids is 1. The molecule has 5 rings (SSSR count). The molecule has 3 aliphatic rings. The highest BCUT2D eigenvalue weighted by Crippen LogP contribution is 2.50. The lowest BCUT2D eigenvalue weighted by molar-refractivity contribution is -0.236. The molecule has 0 radical (unpaired) electrons. The molecule has 2 saturated carbocycles. The molecule has 0 bridgehead atoms. The fourth-order valence-electron chi connectivity index (χ4n) is 5.55. The molecule has 8 heteroatoms. The largest absolute Gasteiger partial charge is 0.480 e. The molecule has 192 valence electrons. The minimum Gasteiger partial charge on any atom is -0.480 e. The summed E-state index contributed by atoms with van der Waals surface area (Å²) in [6.45, 7) is 0.676. The first-order chi connectivity index (χ1) is 17.5. The smallest absolute Gasteiger partial charge is 0.335 e. The number of carboxylic acids is 1.